The molecular weight excluding hydrogens is 220 g/mol. The Morgan fingerprint density at radius 2 is 2.29 bits per heavy atom. The van der Waals surface area contributed by atoms with Crippen LogP contribution in [0.2, 0.25) is 0 Å². The summed E-state index contributed by atoms with van der Waals surface area (Å²) in [4.78, 5) is 8.34. The number of aromatic nitrogens is 4. The number of nitrogens with one attached hydrogen (secondary N) is 1. The fourth-order valence-corrected chi connectivity index (χ4v) is 1.60. The van der Waals surface area contributed by atoms with Crippen LogP contribution >= 0.6 is 0 Å². The molecule has 0 bridgehead atoms. The number of rotatable bonds is 6. The molecule has 0 aliphatic carbocycles. The summed E-state index contributed by atoms with van der Waals surface area (Å²) in [6.45, 7) is 1.89. The molecule has 0 saturated carbocycles. The van der Waals surface area contributed by atoms with Gasteiger partial charge in [-0.15, -0.1) is 0 Å². The highest BCUT2D eigenvalue weighted by Gasteiger charge is 2.08. The molecule has 4 N–H and O–H groups in total. The van der Waals surface area contributed by atoms with Crippen LogP contribution in [0.15, 0.2) is 12.5 Å². The van der Waals surface area contributed by atoms with Gasteiger partial charge in [0.15, 0.2) is 5.65 Å². The SMILES string of the molecule is NCCCNc1ncnc2c1cnn2CCO. The second kappa shape index (κ2) is 5.55. The van der Waals surface area contributed by atoms with E-state index >= 15 is 0 Å². The molecule has 0 unspecified atom stereocenters. The summed E-state index contributed by atoms with van der Waals surface area (Å²) in [6, 6.07) is 0. The van der Waals surface area contributed by atoms with Gasteiger partial charge in [0.2, 0.25) is 0 Å². The second-order valence-corrected chi connectivity index (χ2v) is 3.62. The van der Waals surface area contributed by atoms with Crippen molar-refractivity contribution in [2.45, 2.75) is 13.0 Å². The van der Waals surface area contributed by atoms with Crippen molar-refractivity contribution in [3.05, 3.63) is 12.5 Å². The summed E-state index contributed by atoms with van der Waals surface area (Å²) in [5, 5.41) is 17.1. The fourth-order valence-electron chi connectivity index (χ4n) is 1.60. The van der Waals surface area contributed by atoms with Gasteiger partial charge in [-0.05, 0) is 13.0 Å². The Labute approximate surface area is 98.7 Å². The molecule has 17 heavy (non-hydrogen) atoms. The molecule has 0 atom stereocenters. The molecule has 7 heteroatoms. The van der Waals surface area contributed by atoms with Crippen molar-refractivity contribution in [1.82, 2.24) is 19.7 Å². The van der Waals surface area contributed by atoms with Crippen LogP contribution in [0, 0.1) is 0 Å². The van der Waals surface area contributed by atoms with Crippen molar-refractivity contribution < 1.29 is 5.11 Å². The van der Waals surface area contributed by atoms with Crippen molar-refractivity contribution >= 4 is 16.9 Å². The van der Waals surface area contributed by atoms with Crippen LogP contribution in [0.25, 0.3) is 11.0 Å². The maximum Gasteiger partial charge on any atom is 0.163 e. The van der Waals surface area contributed by atoms with E-state index in [1.165, 1.54) is 6.33 Å². The second-order valence-electron chi connectivity index (χ2n) is 3.62. The van der Waals surface area contributed by atoms with Crippen molar-refractivity contribution in [2.75, 3.05) is 25.0 Å². The lowest BCUT2D eigenvalue weighted by Gasteiger charge is -2.05. The highest BCUT2D eigenvalue weighted by molar-refractivity contribution is 5.85. The Balaban J connectivity index is 2.24. The van der Waals surface area contributed by atoms with E-state index in [0.717, 1.165) is 29.8 Å². The van der Waals surface area contributed by atoms with Crippen LogP contribution in [0.3, 0.4) is 0 Å². The van der Waals surface area contributed by atoms with Gasteiger partial charge in [-0.25, -0.2) is 14.6 Å². The number of aliphatic hydroxyl groups excluding tert-OH is 1. The molecule has 2 heterocycles. The Morgan fingerprint density at radius 3 is 3.06 bits per heavy atom. The monoisotopic (exact) mass is 236 g/mol. The summed E-state index contributed by atoms with van der Waals surface area (Å²) in [7, 11) is 0. The Morgan fingerprint density at radius 1 is 1.41 bits per heavy atom. The molecule has 0 aliphatic rings. The molecular formula is C10H16N6O. The van der Waals surface area contributed by atoms with E-state index in [4.69, 9.17) is 10.8 Å². The highest BCUT2D eigenvalue weighted by atomic mass is 16.3. The third kappa shape index (κ3) is 2.51. The van der Waals surface area contributed by atoms with Crippen LogP contribution in [0.1, 0.15) is 6.42 Å². The maximum atomic E-state index is 8.91. The average molecular weight is 236 g/mol. The molecule has 92 valence electrons. The predicted octanol–water partition coefficient (Wildman–Crippen LogP) is -0.421. The van der Waals surface area contributed by atoms with Crippen LogP contribution in [0.4, 0.5) is 5.82 Å². The van der Waals surface area contributed by atoms with Crippen LogP contribution in [-0.4, -0.2) is 44.6 Å². The predicted molar refractivity (Wildman–Crippen MR) is 64.6 cm³/mol. The number of hydrogen-bond acceptors (Lipinski definition) is 6. The quantitative estimate of drug-likeness (QED) is 0.589. The summed E-state index contributed by atoms with van der Waals surface area (Å²) < 4.78 is 1.66. The third-order valence-electron chi connectivity index (χ3n) is 2.42. The van der Waals surface area contributed by atoms with Gasteiger partial charge in [0.25, 0.3) is 0 Å². The van der Waals surface area contributed by atoms with E-state index in [0.29, 0.717) is 13.1 Å². The number of nitrogens with zero attached hydrogens (tertiary/aromatic N) is 4. The molecule has 0 radical (unpaired) electrons. The number of nitrogens with two attached hydrogens (primary N) is 1. The first-order valence-electron chi connectivity index (χ1n) is 5.58. The van der Waals surface area contributed by atoms with E-state index in [2.05, 4.69) is 20.4 Å². The average Bonchev–Trinajstić information content (AvgIpc) is 2.75. The van der Waals surface area contributed by atoms with Gasteiger partial charge in [-0.3, -0.25) is 0 Å². The molecule has 0 saturated heterocycles. The summed E-state index contributed by atoms with van der Waals surface area (Å²) >= 11 is 0. The van der Waals surface area contributed by atoms with Gasteiger partial charge in [0, 0.05) is 6.54 Å². The largest absolute Gasteiger partial charge is 0.394 e. The number of aliphatic hydroxyl groups is 1. The Bertz CT molecular complexity index is 483. The van der Waals surface area contributed by atoms with Crippen LogP contribution in [-0.2, 0) is 6.54 Å². The zero-order chi connectivity index (χ0) is 12.1. The fraction of sp³-hybridized carbons (Fsp3) is 0.500. The molecule has 0 amide bonds. The molecule has 0 fully saturated rings. The van der Waals surface area contributed by atoms with Crippen molar-refractivity contribution in [3.63, 3.8) is 0 Å². The van der Waals surface area contributed by atoms with Crippen molar-refractivity contribution in [1.29, 1.82) is 0 Å². The Kier molecular flexibility index (Phi) is 3.84. The Hall–Kier alpha value is -1.73. The minimum absolute atomic E-state index is 0.0384. The van der Waals surface area contributed by atoms with Gasteiger partial charge >= 0.3 is 0 Å². The van der Waals surface area contributed by atoms with Gasteiger partial charge in [0.1, 0.15) is 12.1 Å². The molecule has 0 aliphatic heterocycles. The molecule has 0 aromatic carbocycles. The molecule has 2 aromatic heterocycles. The lowest BCUT2D eigenvalue weighted by Crippen LogP contribution is -2.10. The van der Waals surface area contributed by atoms with Gasteiger partial charge in [-0.1, -0.05) is 0 Å². The zero-order valence-corrected chi connectivity index (χ0v) is 9.50. The van der Waals surface area contributed by atoms with E-state index in [1.807, 2.05) is 0 Å². The van der Waals surface area contributed by atoms with Crippen LogP contribution < -0.4 is 11.1 Å². The normalized spacial score (nSPS) is 10.9. The minimum Gasteiger partial charge on any atom is -0.394 e. The first-order valence-corrected chi connectivity index (χ1v) is 5.58. The van der Waals surface area contributed by atoms with Crippen molar-refractivity contribution in [3.8, 4) is 0 Å². The lowest BCUT2D eigenvalue weighted by atomic mass is 10.3. The maximum absolute atomic E-state index is 8.91. The smallest absolute Gasteiger partial charge is 0.163 e. The van der Waals surface area contributed by atoms with Crippen LogP contribution in [0.5, 0.6) is 0 Å². The lowest BCUT2D eigenvalue weighted by molar-refractivity contribution is 0.271. The highest BCUT2D eigenvalue weighted by Crippen LogP contribution is 2.18. The van der Waals surface area contributed by atoms with Gasteiger partial charge in [0.05, 0.1) is 24.7 Å². The van der Waals surface area contributed by atoms with E-state index < -0.39 is 0 Å². The van der Waals surface area contributed by atoms with E-state index in [-0.39, 0.29) is 6.61 Å². The molecule has 2 rings (SSSR count). The number of anilines is 1. The summed E-state index contributed by atoms with van der Waals surface area (Å²) in [5.41, 5.74) is 6.16. The molecule has 0 spiro atoms. The zero-order valence-electron chi connectivity index (χ0n) is 9.50. The molecule has 7 nitrogen and oxygen atoms in total. The number of fused-ring (bicyclic) bond motifs is 1. The van der Waals surface area contributed by atoms with Gasteiger partial charge in [-0.2, -0.15) is 5.10 Å². The summed E-state index contributed by atoms with van der Waals surface area (Å²) in [5.74, 6) is 0.757. The first-order chi connectivity index (χ1) is 8.36. The first kappa shape index (κ1) is 11.7. The van der Waals surface area contributed by atoms with Crippen molar-refractivity contribution in [2.24, 2.45) is 5.73 Å². The van der Waals surface area contributed by atoms with E-state index in [1.54, 1.807) is 10.9 Å². The minimum atomic E-state index is 0.0384. The molecule has 2 aromatic rings. The third-order valence-corrected chi connectivity index (χ3v) is 2.42. The topological polar surface area (TPSA) is 102 Å². The standard InChI is InChI=1S/C10H16N6O/c11-2-1-3-12-9-8-6-15-16(4-5-17)10(8)14-7-13-9/h6-7,17H,1-5,11H2,(H,12,13,14). The van der Waals surface area contributed by atoms with E-state index in [9.17, 15) is 0 Å². The summed E-state index contributed by atoms with van der Waals surface area (Å²) in [6.07, 6.45) is 4.08. The number of hydrogen-bond donors (Lipinski definition) is 3. The van der Waals surface area contributed by atoms with Gasteiger partial charge < -0.3 is 16.2 Å².